The largest absolute Gasteiger partial charge is 0.457 e. The number of ether oxygens (including phenoxy) is 2. The van der Waals surface area contributed by atoms with Crippen molar-refractivity contribution in [2.75, 3.05) is 31.2 Å². The van der Waals surface area contributed by atoms with Crippen LogP contribution in [0.25, 0.3) is 6.08 Å². The maximum atomic E-state index is 12.0. The summed E-state index contributed by atoms with van der Waals surface area (Å²) in [7, 11) is 0. The summed E-state index contributed by atoms with van der Waals surface area (Å²) in [5.74, 6) is 0.128. The van der Waals surface area contributed by atoms with Crippen LogP contribution in [-0.4, -0.2) is 37.9 Å². The van der Waals surface area contributed by atoms with E-state index in [2.05, 4.69) is 36.9 Å². The fourth-order valence-corrected chi connectivity index (χ4v) is 2.65. The average molecular weight is 331 g/mol. The molecule has 1 saturated heterocycles. The second kappa shape index (κ2) is 7.84. The van der Waals surface area contributed by atoms with Crippen LogP contribution in [0.5, 0.6) is 0 Å². The number of rotatable bonds is 4. The summed E-state index contributed by atoms with van der Waals surface area (Å²) in [6, 6.07) is 6.48. The first-order valence-electron chi connectivity index (χ1n) is 8.64. The van der Waals surface area contributed by atoms with Crippen LogP contribution in [0, 0.1) is 0 Å². The molecule has 0 atom stereocenters. The highest BCUT2D eigenvalue weighted by atomic mass is 16.6. The zero-order valence-electron chi connectivity index (χ0n) is 15.5. The van der Waals surface area contributed by atoms with E-state index in [9.17, 15) is 4.79 Å². The van der Waals surface area contributed by atoms with E-state index in [1.54, 1.807) is 0 Å². The predicted octanol–water partition coefficient (Wildman–Crippen LogP) is 4.00. The van der Waals surface area contributed by atoms with Crippen molar-refractivity contribution in [3.8, 4) is 0 Å². The Kier molecular flexibility index (Phi) is 6.05. The number of hydrogen-bond donors (Lipinski definition) is 0. The van der Waals surface area contributed by atoms with Crippen LogP contribution < -0.4 is 4.90 Å². The Morgan fingerprint density at radius 2 is 1.92 bits per heavy atom. The first-order valence-corrected chi connectivity index (χ1v) is 8.64. The van der Waals surface area contributed by atoms with Gasteiger partial charge >= 0.3 is 5.97 Å². The van der Waals surface area contributed by atoms with Crippen molar-refractivity contribution in [2.24, 2.45) is 0 Å². The zero-order valence-corrected chi connectivity index (χ0v) is 15.5. The first-order chi connectivity index (χ1) is 11.3. The zero-order chi connectivity index (χ0) is 17.7. The standard InChI is InChI=1S/C20H29NO3/c1-15(2)16-6-8-18(21-10-12-23-13-11-21)17(14-16)7-9-19(22)24-20(3,4)5/h6-9,14-15H,10-13H2,1-5H3/b9-7+. The third kappa shape index (κ3) is 5.38. The van der Waals surface area contributed by atoms with E-state index in [1.807, 2.05) is 26.8 Å². The molecule has 0 unspecified atom stereocenters. The lowest BCUT2D eigenvalue weighted by Gasteiger charge is -2.30. The highest BCUT2D eigenvalue weighted by Gasteiger charge is 2.16. The Labute approximate surface area is 145 Å². The van der Waals surface area contributed by atoms with Crippen LogP contribution in [0.2, 0.25) is 0 Å². The molecule has 0 aromatic heterocycles. The van der Waals surface area contributed by atoms with Gasteiger partial charge in [0.15, 0.2) is 0 Å². The molecule has 1 aromatic rings. The molecule has 24 heavy (non-hydrogen) atoms. The molecule has 0 bridgehead atoms. The van der Waals surface area contributed by atoms with Gasteiger partial charge in [-0.25, -0.2) is 4.79 Å². The number of benzene rings is 1. The van der Waals surface area contributed by atoms with Crippen LogP contribution in [0.3, 0.4) is 0 Å². The summed E-state index contributed by atoms with van der Waals surface area (Å²) in [4.78, 5) is 14.3. The highest BCUT2D eigenvalue weighted by Crippen LogP contribution is 2.27. The number of anilines is 1. The summed E-state index contributed by atoms with van der Waals surface area (Å²) in [6.07, 6.45) is 3.39. The van der Waals surface area contributed by atoms with Gasteiger partial charge in [0.05, 0.1) is 13.2 Å². The van der Waals surface area contributed by atoms with Crippen molar-refractivity contribution in [2.45, 2.75) is 46.1 Å². The number of nitrogens with zero attached hydrogens (tertiary/aromatic N) is 1. The summed E-state index contributed by atoms with van der Waals surface area (Å²) in [5, 5.41) is 0. The fraction of sp³-hybridized carbons (Fsp3) is 0.550. The van der Waals surface area contributed by atoms with Crippen molar-refractivity contribution in [1.82, 2.24) is 0 Å². The van der Waals surface area contributed by atoms with E-state index >= 15 is 0 Å². The molecule has 1 aliphatic rings. The molecule has 1 heterocycles. The monoisotopic (exact) mass is 331 g/mol. The van der Waals surface area contributed by atoms with Gasteiger partial charge in [0, 0.05) is 24.9 Å². The lowest BCUT2D eigenvalue weighted by molar-refractivity contribution is -0.148. The van der Waals surface area contributed by atoms with Crippen molar-refractivity contribution in [3.05, 3.63) is 35.4 Å². The number of esters is 1. The Morgan fingerprint density at radius 1 is 1.25 bits per heavy atom. The molecule has 1 fully saturated rings. The summed E-state index contributed by atoms with van der Waals surface area (Å²) in [5.41, 5.74) is 2.97. The molecule has 0 spiro atoms. The molecule has 0 saturated carbocycles. The van der Waals surface area contributed by atoms with Crippen LogP contribution in [-0.2, 0) is 14.3 Å². The van der Waals surface area contributed by atoms with Gasteiger partial charge in [0.1, 0.15) is 5.60 Å². The molecular formula is C20H29NO3. The van der Waals surface area contributed by atoms with E-state index in [4.69, 9.17) is 9.47 Å². The summed E-state index contributed by atoms with van der Waals surface area (Å²) >= 11 is 0. The lowest BCUT2D eigenvalue weighted by Crippen LogP contribution is -2.36. The molecule has 132 valence electrons. The molecule has 0 amide bonds. The topological polar surface area (TPSA) is 38.8 Å². The van der Waals surface area contributed by atoms with Crippen molar-refractivity contribution in [3.63, 3.8) is 0 Å². The molecule has 0 aliphatic carbocycles. The van der Waals surface area contributed by atoms with Crippen LogP contribution in [0.15, 0.2) is 24.3 Å². The normalized spacial score (nSPS) is 16.0. The first kappa shape index (κ1) is 18.5. The van der Waals surface area contributed by atoms with Gasteiger partial charge in [0.25, 0.3) is 0 Å². The minimum absolute atomic E-state index is 0.314. The third-order valence-electron chi connectivity index (χ3n) is 3.88. The SMILES string of the molecule is CC(C)c1ccc(N2CCOCC2)c(/C=C/C(=O)OC(C)(C)C)c1. The summed E-state index contributed by atoms with van der Waals surface area (Å²) in [6.45, 7) is 13.2. The van der Waals surface area contributed by atoms with Gasteiger partial charge in [0.2, 0.25) is 0 Å². The molecule has 0 radical (unpaired) electrons. The Bertz CT molecular complexity index is 593. The Balaban J connectivity index is 2.26. The second-order valence-electron chi connectivity index (χ2n) is 7.44. The number of carbonyl (C=O) groups excluding carboxylic acids is 1. The number of carbonyl (C=O) groups is 1. The average Bonchev–Trinajstić information content (AvgIpc) is 2.52. The van der Waals surface area contributed by atoms with Crippen LogP contribution in [0.1, 0.15) is 51.7 Å². The van der Waals surface area contributed by atoms with E-state index in [1.165, 1.54) is 11.6 Å². The van der Waals surface area contributed by atoms with Gasteiger partial charge < -0.3 is 14.4 Å². The van der Waals surface area contributed by atoms with Crippen molar-refractivity contribution < 1.29 is 14.3 Å². The lowest BCUT2D eigenvalue weighted by atomic mass is 9.98. The van der Waals surface area contributed by atoms with Crippen molar-refractivity contribution >= 4 is 17.7 Å². The maximum absolute atomic E-state index is 12.0. The van der Waals surface area contributed by atoms with Gasteiger partial charge in [-0.2, -0.15) is 0 Å². The van der Waals surface area contributed by atoms with E-state index < -0.39 is 5.60 Å². The number of hydrogen-bond acceptors (Lipinski definition) is 4. The predicted molar refractivity (Wildman–Crippen MR) is 98.4 cm³/mol. The van der Waals surface area contributed by atoms with Crippen molar-refractivity contribution in [1.29, 1.82) is 0 Å². The molecule has 4 nitrogen and oxygen atoms in total. The Hall–Kier alpha value is -1.81. The van der Waals surface area contributed by atoms with Gasteiger partial charge in [-0.3, -0.25) is 0 Å². The van der Waals surface area contributed by atoms with Gasteiger partial charge in [-0.05, 0) is 56.0 Å². The Morgan fingerprint density at radius 3 is 2.50 bits per heavy atom. The molecule has 4 heteroatoms. The molecule has 1 aromatic carbocycles. The van der Waals surface area contributed by atoms with Crippen LogP contribution >= 0.6 is 0 Å². The summed E-state index contributed by atoms with van der Waals surface area (Å²) < 4.78 is 10.8. The minimum Gasteiger partial charge on any atom is -0.457 e. The highest BCUT2D eigenvalue weighted by molar-refractivity contribution is 5.89. The van der Waals surface area contributed by atoms with Gasteiger partial charge in [-0.15, -0.1) is 0 Å². The molecular weight excluding hydrogens is 302 g/mol. The number of morpholine rings is 1. The minimum atomic E-state index is -0.478. The second-order valence-corrected chi connectivity index (χ2v) is 7.44. The van der Waals surface area contributed by atoms with E-state index in [0.717, 1.165) is 37.6 Å². The van der Waals surface area contributed by atoms with E-state index in [0.29, 0.717) is 5.92 Å². The maximum Gasteiger partial charge on any atom is 0.331 e. The molecule has 0 N–H and O–H groups in total. The van der Waals surface area contributed by atoms with Crippen LogP contribution in [0.4, 0.5) is 5.69 Å². The quantitative estimate of drug-likeness (QED) is 0.617. The smallest absolute Gasteiger partial charge is 0.331 e. The van der Waals surface area contributed by atoms with E-state index in [-0.39, 0.29) is 5.97 Å². The fourth-order valence-electron chi connectivity index (χ4n) is 2.65. The molecule has 2 rings (SSSR count). The third-order valence-corrected chi connectivity index (χ3v) is 3.88. The molecule has 1 aliphatic heterocycles. The van der Waals surface area contributed by atoms with Gasteiger partial charge in [-0.1, -0.05) is 19.9 Å².